The van der Waals surface area contributed by atoms with Crippen LogP contribution in [0.25, 0.3) is 0 Å². The highest BCUT2D eigenvalue weighted by Gasteiger charge is 2.19. The van der Waals surface area contributed by atoms with Gasteiger partial charge >= 0.3 is 0 Å². The normalized spacial score (nSPS) is 12.0. The van der Waals surface area contributed by atoms with Crippen molar-refractivity contribution in [2.24, 2.45) is 7.05 Å². The standard InChI is InChI=1S/C20H18Cl4N4O2S/c1-10-6-12(4-5-13(10)21)30-11(2)19-26-27-20(28(19)3)31-9-18(29)25-17-8-15(23)14(22)7-16(17)24/h4-8,11H,9H2,1-3H3,(H,25,29). The second-order valence-electron chi connectivity index (χ2n) is 6.65. The first-order valence-corrected chi connectivity index (χ1v) is 11.5. The molecule has 0 bridgehead atoms. The van der Waals surface area contributed by atoms with Gasteiger partial charge < -0.3 is 14.6 Å². The van der Waals surface area contributed by atoms with Crippen LogP contribution in [0.3, 0.4) is 0 Å². The molecule has 6 nitrogen and oxygen atoms in total. The van der Waals surface area contributed by atoms with E-state index in [0.717, 1.165) is 5.56 Å². The molecule has 2 aromatic carbocycles. The molecule has 0 aliphatic carbocycles. The van der Waals surface area contributed by atoms with E-state index in [1.807, 2.05) is 27.0 Å². The Bertz CT molecular complexity index is 1120. The van der Waals surface area contributed by atoms with Crippen LogP contribution in [0.4, 0.5) is 5.69 Å². The average Bonchev–Trinajstić information content (AvgIpc) is 3.08. The van der Waals surface area contributed by atoms with Crippen LogP contribution >= 0.6 is 58.2 Å². The van der Waals surface area contributed by atoms with E-state index in [-0.39, 0.29) is 17.8 Å². The molecule has 31 heavy (non-hydrogen) atoms. The van der Waals surface area contributed by atoms with Crippen LogP contribution in [0.5, 0.6) is 5.75 Å². The lowest BCUT2D eigenvalue weighted by atomic mass is 10.2. The number of rotatable bonds is 7. The SMILES string of the molecule is Cc1cc(OC(C)c2nnc(SCC(=O)Nc3cc(Cl)c(Cl)cc3Cl)n2C)ccc1Cl. The van der Waals surface area contributed by atoms with E-state index in [4.69, 9.17) is 51.1 Å². The Morgan fingerprint density at radius 3 is 2.52 bits per heavy atom. The van der Waals surface area contributed by atoms with E-state index in [1.54, 1.807) is 16.7 Å². The van der Waals surface area contributed by atoms with Gasteiger partial charge in [0.05, 0.1) is 26.5 Å². The summed E-state index contributed by atoms with van der Waals surface area (Å²) in [5, 5.41) is 13.3. The molecule has 0 radical (unpaired) electrons. The average molecular weight is 520 g/mol. The lowest BCUT2D eigenvalue weighted by Gasteiger charge is -2.15. The number of amides is 1. The number of nitrogens with one attached hydrogen (secondary N) is 1. The van der Waals surface area contributed by atoms with Gasteiger partial charge in [-0.3, -0.25) is 4.79 Å². The number of aryl methyl sites for hydroxylation is 1. The molecule has 1 amide bonds. The molecular formula is C20H18Cl4N4O2S. The molecule has 1 aromatic heterocycles. The number of carbonyl (C=O) groups excluding carboxylic acids is 1. The zero-order valence-electron chi connectivity index (χ0n) is 16.7. The van der Waals surface area contributed by atoms with Crippen molar-refractivity contribution in [3.8, 4) is 5.75 Å². The molecule has 3 aromatic rings. The molecule has 164 valence electrons. The molecule has 3 rings (SSSR count). The van der Waals surface area contributed by atoms with E-state index in [1.165, 1.54) is 23.9 Å². The van der Waals surface area contributed by atoms with Crippen LogP contribution in [-0.2, 0) is 11.8 Å². The Balaban J connectivity index is 1.61. The fourth-order valence-corrected chi connectivity index (χ4v) is 4.12. The second-order valence-corrected chi connectivity index (χ2v) is 9.23. The molecule has 0 aliphatic heterocycles. The Morgan fingerprint density at radius 1 is 1.10 bits per heavy atom. The summed E-state index contributed by atoms with van der Waals surface area (Å²) < 4.78 is 7.75. The quantitative estimate of drug-likeness (QED) is 0.281. The molecule has 0 saturated carbocycles. The Kier molecular flexibility index (Phi) is 7.99. The van der Waals surface area contributed by atoms with E-state index in [2.05, 4.69) is 15.5 Å². The monoisotopic (exact) mass is 518 g/mol. The summed E-state index contributed by atoms with van der Waals surface area (Å²) in [4.78, 5) is 12.3. The maximum atomic E-state index is 12.3. The molecule has 1 atom stereocenters. The highest BCUT2D eigenvalue weighted by Crippen LogP contribution is 2.32. The third-order valence-corrected chi connectivity index (χ3v) is 6.77. The fraction of sp³-hybridized carbons (Fsp3) is 0.250. The van der Waals surface area contributed by atoms with Gasteiger partial charge in [-0.1, -0.05) is 58.2 Å². The van der Waals surface area contributed by atoms with E-state index >= 15 is 0 Å². The lowest BCUT2D eigenvalue weighted by Crippen LogP contribution is -2.15. The predicted molar refractivity (Wildman–Crippen MR) is 127 cm³/mol. The summed E-state index contributed by atoms with van der Waals surface area (Å²) in [5.41, 5.74) is 1.31. The molecular weight excluding hydrogens is 502 g/mol. The van der Waals surface area contributed by atoms with Crippen molar-refractivity contribution >= 4 is 69.8 Å². The molecule has 0 spiro atoms. The minimum atomic E-state index is -0.351. The van der Waals surface area contributed by atoms with Crippen molar-refractivity contribution in [1.82, 2.24) is 14.8 Å². The number of hydrogen-bond donors (Lipinski definition) is 1. The van der Waals surface area contributed by atoms with Gasteiger partial charge in [0.2, 0.25) is 5.91 Å². The number of anilines is 1. The van der Waals surface area contributed by atoms with Crippen molar-refractivity contribution in [2.45, 2.75) is 25.1 Å². The molecule has 1 unspecified atom stereocenters. The molecule has 0 aliphatic rings. The third kappa shape index (κ3) is 5.99. The number of halogens is 4. The third-order valence-electron chi connectivity index (χ3n) is 4.29. The summed E-state index contributed by atoms with van der Waals surface area (Å²) in [5.74, 6) is 1.15. The van der Waals surface area contributed by atoms with Crippen molar-refractivity contribution in [3.05, 3.63) is 61.8 Å². The first-order valence-electron chi connectivity index (χ1n) is 9.05. The lowest BCUT2D eigenvalue weighted by molar-refractivity contribution is -0.113. The van der Waals surface area contributed by atoms with Crippen LogP contribution in [0.1, 0.15) is 24.4 Å². The van der Waals surface area contributed by atoms with Crippen LogP contribution in [-0.4, -0.2) is 26.4 Å². The van der Waals surface area contributed by atoms with Crippen LogP contribution in [0, 0.1) is 6.92 Å². The van der Waals surface area contributed by atoms with E-state index in [9.17, 15) is 4.79 Å². The number of aromatic nitrogens is 3. The highest BCUT2D eigenvalue weighted by molar-refractivity contribution is 7.99. The van der Waals surface area contributed by atoms with Crippen LogP contribution < -0.4 is 10.1 Å². The van der Waals surface area contributed by atoms with E-state index in [0.29, 0.717) is 42.5 Å². The van der Waals surface area contributed by atoms with Gasteiger partial charge in [0.25, 0.3) is 0 Å². The molecule has 0 saturated heterocycles. The number of carbonyl (C=O) groups is 1. The second kappa shape index (κ2) is 10.3. The van der Waals surface area contributed by atoms with Gasteiger partial charge in [-0.2, -0.15) is 0 Å². The van der Waals surface area contributed by atoms with Crippen LogP contribution in [0.15, 0.2) is 35.5 Å². The summed E-state index contributed by atoms with van der Waals surface area (Å²) in [6, 6.07) is 8.44. The van der Waals surface area contributed by atoms with Gasteiger partial charge in [0.1, 0.15) is 5.75 Å². The smallest absolute Gasteiger partial charge is 0.234 e. The Morgan fingerprint density at radius 2 is 1.81 bits per heavy atom. The van der Waals surface area contributed by atoms with Crippen LogP contribution in [0.2, 0.25) is 20.1 Å². The molecule has 11 heteroatoms. The Labute approximate surface area is 204 Å². The topological polar surface area (TPSA) is 69.0 Å². The minimum absolute atomic E-state index is 0.105. The number of hydrogen-bond acceptors (Lipinski definition) is 5. The zero-order chi connectivity index (χ0) is 22.7. The Hall–Kier alpha value is -1.64. The van der Waals surface area contributed by atoms with Crippen molar-refractivity contribution in [2.75, 3.05) is 11.1 Å². The maximum Gasteiger partial charge on any atom is 0.234 e. The first kappa shape index (κ1) is 24.0. The van der Waals surface area contributed by atoms with Gasteiger partial charge in [-0.15, -0.1) is 10.2 Å². The van der Waals surface area contributed by atoms with Crippen molar-refractivity contribution in [1.29, 1.82) is 0 Å². The van der Waals surface area contributed by atoms with Crippen molar-refractivity contribution < 1.29 is 9.53 Å². The van der Waals surface area contributed by atoms with Gasteiger partial charge in [0.15, 0.2) is 17.1 Å². The molecule has 1 N–H and O–H groups in total. The van der Waals surface area contributed by atoms with Gasteiger partial charge in [-0.05, 0) is 49.7 Å². The number of ether oxygens (including phenoxy) is 1. The predicted octanol–water partition coefficient (Wildman–Crippen LogP) is 6.61. The van der Waals surface area contributed by atoms with Crippen molar-refractivity contribution in [3.63, 3.8) is 0 Å². The minimum Gasteiger partial charge on any atom is -0.483 e. The van der Waals surface area contributed by atoms with Gasteiger partial charge in [0, 0.05) is 12.1 Å². The zero-order valence-corrected chi connectivity index (χ0v) is 20.6. The molecule has 0 fully saturated rings. The molecule has 1 heterocycles. The summed E-state index contributed by atoms with van der Waals surface area (Å²) in [7, 11) is 1.82. The number of benzene rings is 2. The number of thioether (sulfide) groups is 1. The fourth-order valence-electron chi connectivity index (χ4n) is 2.69. The summed E-state index contributed by atoms with van der Waals surface area (Å²) in [6.07, 6.45) is -0.351. The maximum absolute atomic E-state index is 12.3. The van der Waals surface area contributed by atoms with Gasteiger partial charge in [-0.25, -0.2) is 0 Å². The summed E-state index contributed by atoms with van der Waals surface area (Å²) >= 11 is 25.3. The summed E-state index contributed by atoms with van der Waals surface area (Å²) in [6.45, 7) is 3.79. The largest absolute Gasteiger partial charge is 0.483 e. The first-order chi connectivity index (χ1) is 14.7. The number of nitrogens with zero attached hydrogens (tertiary/aromatic N) is 3. The highest BCUT2D eigenvalue weighted by atomic mass is 35.5. The van der Waals surface area contributed by atoms with E-state index < -0.39 is 0 Å².